The average Bonchev–Trinajstić information content (AvgIpc) is 3.23. The number of anilines is 1. The molecule has 0 atom stereocenters. The van der Waals surface area contributed by atoms with Crippen molar-refractivity contribution in [3.8, 4) is 0 Å². The Balaban J connectivity index is 1.60. The maximum atomic E-state index is 12.6. The summed E-state index contributed by atoms with van der Waals surface area (Å²) in [4.78, 5) is 21.4. The van der Waals surface area contributed by atoms with Crippen LogP contribution in [0.3, 0.4) is 0 Å². The van der Waals surface area contributed by atoms with Gasteiger partial charge in [0.05, 0.1) is 6.54 Å². The first-order valence-corrected chi connectivity index (χ1v) is 9.45. The number of thiophene rings is 1. The highest BCUT2D eigenvalue weighted by Gasteiger charge is 2.23. The Hall–Kier alpha value is -2.34. The third-order valence-corrected chi connectivity index (χ3v) is 5.13. The SMILES string of the molecule is CCNC(=NCC(=O)N1CCc2ccccc21)NCc1ccc(C)s1. The summed E-state index contributed by atoms with van der Waals surface area (Å²) in [5.74, 6) is 0.712. The molecular formula is C19H24N4OS. The lowest BCUT2D eigenvalue weighted by Gasteiger charge is -2.17. The van der Waals surface area contributed by atoms with Crippen molar-refractivity contribution in [3.63, 3.8) is 0 Å². The molecular weight excluding hydrogens is 332 g/mol. The van der Waals surface area contributed by atoms with E-state index in [1.165, 1.54) is 15.3 Å². The summed E-state index contributed by atoms with van der Waals surface area (Å²) >= 11 is 1.76. The number of nitrogens with zero attached hydrogens (tertiary/aromatic N) is 2. The first-order valence-electron chi connectivity index (χ1n) is 8.63. The summed E-state index contributed by atoms with van der Waals surface area (Å²) in [5, 5.41) is 6.49. The van der Waals surface area contributed by atoms with E-state index in [9.17, 15) is 4.79 Å². The van der Waals surface area contributed by atoms with E-state index < -0.39 is 0 Å². The Morgan fingerprint density at radius 1 is 1.24 bits per heavy atom. The molecule has 1 amide bonds. The van der Waals surface area contributed by atoms with Gasteiger partial charge in [-0.15, -0.1) is 11.3 Å². The normalized spacial score (nSPS) is 13.7. The number of aryl methyl sites for hydroxylation is 1. The molecule has 2 aromatic rings. The van der Waals surface area contributed by atoms with Gasteiger partial charge in [-0.3, -0.25) is 4.79 Å². The van der Waals surface area contributed by atoms with Gasteiger partial charge in [0.15, 0.2) is 5.96 Å². The zero-order valence-corrected chi connectivity index (χ0v) is 15.5. The van der Waals surface area contributed by atoms with E-state index in [0.717, 1.165) is 25.2 Å². The van der Waals surface area contributed by atoms with Crippen molar-refractivity contribution < 1.29 is 4.79 Å². The summed E-state index contributed by atoms with van der Waals surface area (Å²) in [6, 6.07) is 12.3. The van der Waals surface area contributed by atoms with E-state index in [4.69, 9.17) is 0 Å². The van der Waals surface area contributed by atoms with Crippen LogP contribution in [0.4, 0.5) is 5.69 Å². The summed E-state index contributed by atoms with van der Waals surface area (Å²) < 4.78 is 0. The molecule has 1 aromatic heterocycles. The Morgan fingerprint density at radius 3 is 2.84 bits per heavy atom. The van der Waals surface area contributed by atoms with E-state index in [1.807, 2.05) is 30.0 Å². The number of para-hydroxylation sites is 1. The highest BCUT2D eigenvalue weighted by molar-refractivity contribution is 7.11. The van der Waals surface area contributed by atoms with Crippen LogP contribution < -0.4 is 15.5 Å². The molecule has 132 valence electrons. The third-order valence-electron chi connectivity index (χ3n) is 4.13. The predicted molar refractivity (Wildman–Crippen MR) is 104 cm³/mol. The van der Waals surface area contributed by atoms with Gasteiger partial charge in [0.1, 0.15) is 6.54 Å². The summed E-state index contributed by atoms with van der Waals surface area (Å²) in [6.07, 6.45) is 0.918. The monoisotopic (exact) mass is 356 g/mol. The fraction of sp³-hybridized carbons (Fsp3) is 0.368. The van der Waals surface area contributed by atoms with Gasteiger partial charge in [-0.1, -0.05) is 18.2 Å². The van der Waals surface area contributed by atoms with Crippen LogP contribution in [0.2, 0.25) is 0 Å². The highest BCUT2D eigenvalue weighted by atomic mass is 32.1. The lowest BCUT2D eigenvalue weighted by Crippen LogP contribution is -2.38. The maximum Gasteiger partial charge on any atom is 0.248 e. The molecule has 0 radical (unpaired) electrons. The zero-order chi connectivity index (χ0) is 17.6. The lowest BCUT2D eigenvalue weighted by atomic mass is 10.2. The summed E-state index contributed by atoms with van der Waals surface area (Å²) in [6.45, 7) is 6.48. The molecule has 2 N–H and O–H groups in total. The smallest absolute Gasteiger partial charge is 0.248 e. The van der Waals surface area contributed by atoms with Gasteiger partial charge >= 0.3 is 0 Å². The van der Waals surface area contributed by atoms with E-state index >= 15 is 0 Å². The van der Waals surface area contributed by atoms with Gasteiger partial charge in [0.2, 0.25) is 5.91 Å². The zero-order valence-electron chi connectivity index (χ0n) is 14.7. The number of hydrogen-bond donors (Lipinski definition) is 2. The Morgan fingerprint density at radius 2 is 2.08 bits per heavy atom. The summed E-state index contributed by atoms with van der Waals surface area (Å²) in [7, 11) is 0. The Bertz CT molecular complexity index is 768. The van der Waals surface area contributed by atoms with Gasteiger partial charge in [-0.25, -0.2) is 4.99 Å². The number of rotatable bonds is 5. The second kappa shape index (κ2) is 8.16. The second-order valence-electron chi connectivity index (χ2n) is 5.99. The first-order chi connectivity index (χ1) is 12.2. The van der Waals surface area contributed by atoms with Crippen LogP contribution in [0.15, 0.2) is 41.4 Å². The molecule has 1 aliphatic rings. The molecule has 6 heteroatoms. The van der Waals surface area contributed by atoms with Gasteiger partial charge < -0.3 is 15.5 Å². The molecule has 0 fully saturated rings. The molecule has 0 unspecified atom stereocenters. The molecule has 1 aromatic carbocycles. The molecule has 5 nitrogen and oxygen atoms in total. The minimum atomic E-state index is 0.0362. The van der Waals surface area contributed by atoms with Gasteiger partial charge in [0, 0.05) is 28.5 Å². The largest absolute Gasteiger partial charge is 0.357 e. The van der Waals surface area contributed by atoms with Crippen molar-refractivity contribution in [2.75, 3.05) is 24.5 Å². The second-order valence-corrected chi connectivity index (χ2v) is 7.36. The minimum Gasteiger partial charge on any atom is -0.357 e. The molecule has 0 spiro atoms. The number of guanidine groups is 1. The number of amides is 1. The van der Waals surface area contributed by atoms with Crippen molar-refractivity contribution in [3.05, 3.63) is 51.7 Å². The molecule has 2 heterocycles. The standard InChI is InChI=1S/C19H24N4OS/c1-3-20-19(21-12-16-9-8-14(2)25-16)22-13-18(24)23-11-10-15-6-4-5-7-17(15)23/h4-9H,3,10-13H2,1-2H3,(H2,20,21,22). The van der Waals surface area contributed by atoms with E-state index in [2.05, 4.69) is 40.7 Å². The van der Waals surface area contributed by atoms with Crippen molar-refractivity contribution in [1.82, 2.24) is 10.6 Å². The third kappa shape index (κ3) is 4.39. The molecule has 1 aliphatic heterocycles. The minimum absolute atomic E-state index is 0.0362. The van der Waals surface area contributed by atoms with E-state index in [0.29, 0.717) is 12.5 Å². The van der Waals surface area contributed by atoms with Crippen LogP contribution in [-0.2, 0) is 17.8 Å². The molecule has 3 rings (SSSR count). The lowest BCUT2D eigenvalue weighted by molar-refractivity contribution is -0.117. The quantitative estimate of drug-likeness (QED) is 0.640. The van der Waals surface area contributed by atoms with E-state index in [-0.39, 0.29) is 12.5 Å². The number of benzene rings is 1. The average molecular weight is 356 g/mol. The number of fused-ring (bicyclic) bond motifs is 1. The fourth-order valence-electron chi connectivity index (χ4n) is 2.92. The van der Waals surface area contributed by atoms with Crippen molar-refractivity contribution in [2.24, 2.45) is 4.99 Å². The number of hydrogen-bond acceptors (Lipinski definition) is 3. The van der Waals surface area contributed by atoms with Gasteiger partial charge in [-0.2, -0.15) is 0 Å². The molecule has 0 saturated heterocycles. The van der Waals surface area contributed by atoms with Crippen LogP contribution in [0, 0.1) is 6.92 Å². The number of carbonyl (C=O) groups is 1. The topological polar surface area (TPSA) is 56.7 Å². The van der Waals surface area contributed by atoms with Crippen LogP contribution in [0.5, 0.6) is 0 Å². The van der Waals surface area contributed by atoms with Gasteiger partial charge in [0.25, 0.3) is 0 Å². The Labute approximate surface area is 152 Å². The van der Waals surface area contributed by atoms with E-state index in [1.54, 1.807) is 11.3 Å². The predicted octanol–water partition coefficient (Wildman–Crippen LogP) is 2.70. The Kier molecular flexibility index (Phi) is 5.71. The fourth-order valence-corrected chi connectivity index (χ4v) is 3.75. The molecule has 0 aliphatic carbocycles. The molecule has 25 heavy (non-hydrogen) atoms. The van der Waals surface area contributed by atoms with Crippen molar-refractivity contribution in [2.45, 2.75) is 26.8 Å². The van der Waals surface area contributed by atoms with Crippen LogP contribution in [0.1, 0.15) is 22.2 Å². The number of carbonyl (C=O) groups excluding carboxylic acids is 1. The van der Waals surface area contributed by atoms with Crippen LogP contribution in [-0.4, -0.2) is 31.5 Å². The highest BCUT2D eigenvalue weighted by Crippen LogP contribution is 2.27. The maximum absolute atomic E-state index is 12.6. The molecule has 0 saturated carbocycles. The summed E-state index contributed by atoms with van der Waals surface area (Å²) in [5.41, 5.74) is 2.26. The van der Waals surface area contributed by atoms with Crippen molar-refractivity contribution in [1.29, 1.82) is 0 Å². The first kappa shape index (κ1) is 17.5. The number of aliphatic imine (C=N–C) groups is 1. The van der Waals surface area contributed by atoms with Crippen LogP contribution >= 0.6 is 11.3 Å². The van der Waals surface area contributed by atoms with Gasteiger partial charge in [-0.05, 0) is 44.0 Å². The molecule has 0 bridgehead atoms. The van der Waals surface area contributed by atoms with Crippen molar-refractivity contribution >= 4 is 28.9 Å². The van der Waals surface area contributed by atoms with Crippen LogP contribution in [0.25, 0.3) is 0 Å². The number of nitrogens with one attached hydrogen (secondary N) is 2.